The monoisotopic (exact) mass is 990 g/mol. The minimum atomic E-state index is 0. The van der Waals surface area contributed by atoms with Crippen molar-refractivity contribution >= 4 is 51.3 Å². The molecular weight excluding hydrogens is 929 g/mol. The van der Waals surface area contributed by atoms with Gasteiger partial charge < -0.3 is 38.2 Å². The van der Waals surface area contributed by atoms with Crippen molar-refractivity contribution in [1.29, 1.82) is 0 Å². The molecule has 20 heteroatoms. The van der Waals surface area contributed by atoms with E-state index in [2.05, 4.69) is 29.6 Å². The van der Waals surface area contributed by atoms with Crippen LogP contribution in [0.2, 0.25) is 0 Å². The molecule has 0 N–H and O–H groups in total. The Hall–Kier alpha value is -8.42. The molecule has 6 aromatic heterocycles. The summed E-state index contributed by atoms with van der Waals surface area (Å²) < 4.78 is 27.4. The van der Waals surface area contributed by atoms with Gasteiger partial charge in [-0.15, -0.1) is 0 Å². The number of hydrogen-bond donors (Lipinski definition) is 0. The number of aryl methyl sites for hydroxylation is 3. The Morgan fingerprint density at radius 3 is 1.71 bits per heavy atom. The first-order valence-corrected chi connectivity index (χ1v) is 23.9. The van der Waals surface area contributed by atoms with Gasteiger partial charge in [0.1, 0.15) is 45.3 Å². The number of likely N-dealkylation sites (tertiary alicyclic amines) is 2. The Morgan fingerprint density at radius 2 is 1.16 bits per heavy atom. The predicted molar refractivity (Wildman–Crippen MR) is 278 cm³/mol. The van der Waals surface area contributed by atoms with E-state index in [0.29, 0.717) is 84.6 Å². The average molecular weight is 991 g/mol. The first-order valence-electron chi connectivity index (χ1n) is 23.9. The minimum Gasteiger partial charge on any atom is -0.497 e. The van der Waals surface area contributed by atoms with Gasteiger partial charge in [0, 0.05) is 132 Å². The molecule has 0 atom stereocenters. The van der Waals surface area contributed by atoms with E-state index in [1.54, 1.807) is 62.6 Å². The van der Waals surface area contributed by atoms with Gasteiger partial charge in [-0.1, -0.05) is 7.43 Å². The summed E-state index contributed by atoms with van der Waals surface area (Å²) >= 11 is 0. The molecule has 0 bridgehead atoms. The van der Waals surface area contributed by atoms with Crippen LogP contribution >= 0.6 is 0 Å². The summed E-state index contributed by atoms with van der Waals surface area (Å²) in [6.45, 7) is 4.33. The molecule has 8 heterocycles. The van der Waals surface area contributed by atoms with E-state index in [4.69, 9.17) is 38.9 Å². The molecule has 0 unspecified atom stereocenters. The van der Waals surface area contributed by atoms with Gasteiger partial charge in [-0.2, -0.15) is 10.2 Å². The maximum atomic E-state index is 12.1. The Labute approximate surface area is 423 Å². The summed E-state index contributed by atoms with van der Waals surface area (Å²) in [4.78, 5) is 58.9. The van der Waals surface area contributed by atoms with Crippen LogP contribution in [0, 0.1) is 0 Å². The highest BCUT2D eigenvalue weighted by Crippen LogP contribution is 2.34. The molecule has 2 aliphatic rings. The highest BCUT2D eigenvalue weighted by Gasteiger charge is 2.22. The second-order valence-electron chi connectivity index (χ2n) is 17.5. The number of carbonyl (C=O) groups is 2. The SMILES string of the molecule is C.COc1cc(N=c2ccc3ncc(-c4cnn(C)c4)nc3n2CCCN2CCCC2=O)cc(OC)c1.COc1cc(OC)cc(N(CCCN2CCCC2=O)c2ccc3ncc(-c4cnn(C)c4)nc3n2)c1. The fraction of sp³-hybridized carbons (Fsp3) is 0.358. The van der Waals surface area contributed by atoms with Gasteiger partial charge in [-0.3, -0.25) is 28.9 Å². The lowest BCUT2D eigenvalue weighted by Crippen LogP contribution is -2.29. The molecule has 0 spiro atoms. The highest BCUT2D eigenvalue weighted by molar-refractivity contribution is 5.79. The lowest BCUT2D eigenvalue weighted by atomic mass is 10.2. The summed E-state index contributed by atoms with van der Waals surface area (Å²) in [6, 6.07) is 19.0. The maximum Gasteiger partial charge on any atom is 0.222 e. The fourth-order valence-electron chi connectivity index (χ4n) is 8.83. The molecule has 10 rings (SSSR count). The predicted octanol–water partition coefficient (Wildman–Crippen LogP) is 7.32. The minimum absolute atomic E-state index is 0. The van der Waals surface area contributed by atoms with Crippen molar-refractivity contribution in [2.45, 2.75) is 52.5 Å². The van der Waals surface area contributed by atoms with Crippen LogP contribution in [0.1, 0.15) is 46.0 Å². The summed E-state index contributed by atoms with van der Waals surface area (Å²) in [6.07, 6.45) is 15.5. The molecule has 2 aliphatic heterocycles. The average Bonchev–Trinajstić information content (AvgIpc) is 4.24. The van der Waals surface area contributed by atoms with Crippen molar-refractivity contribution < 1.29 is 28.5 Å². The first kappa shape index (κ1) is 51.0. The third-order valence-corrected chi connectivity index (χ3v) is 12.6. The van der Waals surface area contributed by atoms with Gasteiger partial charge >= 0.3 is 0 Å². The summed E-state index contributed by atoms with van der Waals surface area (Å²) in [7, 11) is 10.2. The Kier molecular flexibility index (Phi) is 16.2. The van der Waals surface area contributed by atoms with E-state index in [-0.39, 0.29) is 19.2 Å². The van der Waals surface area contributed by atoms with Crippen LogP contribution in [0.5, 0.6) is 23.0 Å². The Morgan fingerprint density at radius 1 is 0.616 bits per heavy atom. The molecule has 2 fully saturated rings. The normalized spacial score (nSPS) is 13.6. The number of ether oxygens (including phenoxy) is 4. The van der Waals surface area contributed by atoms with E-state index in [9.17, 15) is 9.59 Å². The smallest absolute Gasteiger partial charge is 0.222 e. The molecule has 380 valence electrons. The highest BCUT2D eigenvalue weighted by atomic mass is 16.5. The fourth-order valence-corrected chi connectivity index (χ4v) is 8.83. The molecule has 8 aromatic rings. The zero-order chi connectivity index (χ0) is 50.1. The van der Waals surface area contributed by atoms with E-state index in [1.807, 2.05) is 97.0 Å². The van der Waals surface area contributed by atoms with E-state index >= 15 is 0 Å². The maximum absolute atomic E-state index is 12.1. The summed E-state index contributed by atoms with van der Waals surface area (Å²) in [5, 5.41) is 8.50. The van der Waals surface area contributed by atoms with E-state index in [1.165, 1.54) is 0 Å². The molecular formula is C53H62N14O6. The number of rotatable bonds is 17. The number of nitrogens with zero attached hydrogens (tertiary/aromatic N) is 14. The second kappa shape index (κ2) is 23.2. The lowest BCUT2D eigenvalue weighted by molar-refractivity contribution is -0.128. The number of aromatic nitrogens is 10. The summed E-state index contributed by atoms with van der Waals surface area (Å²) in [5.41, 5.74) is 8.25. The molecule has 2 saturated heterocycles. The third-order valence-electron chi connectivity index (χ3n) is 12.6. The van der Waals surface area contributed by atoms with Crippen molar-refractivity contribution in [2.24, 2.45) is 19.1 Å². The Bertz CT molecular complexity index is 3250. The molecule has 20 nitrogen and oxygen atoms in total. The number of benzene rings is 2. The second-order valence-corrected chi connectivity index (χ2v) is 17.5. The van der Waals surface area contributed by atoms with Gasteiger partial charge in [0.15, 0.2) is 11.3 Å². The van der Waals surface area contributed by atoms with Crippen LogP contribution in [-0.2, 0) is 30.2 Å². The van der Waals surface area contributed by atoms with Crippen molar-refractivity contribution in [2.75, 3.05) is 66.1 Å². The van der Waals surface area contributed by atoms with Gasteiger partial charge in [0.25, 0.3) is 0 Å². The van der Waals surface area contributed by atoms with Crippen molar-refractivity contribution in [3.05, 3.63) is 103 Å². The molecule has 2 amide bonds. The van der Waals surface area contributed by atoms with Crippen LogP contribution < -0.4 is 29.3 Å². The number of anilines is 2. The van der Waals surface area contributed by atoms with E-state index < -0.39 is 0 Å². The van der Waals surface area contributed by atoms with Crippen molar-refractivity contribution in [1.82, 2.24) is 58.8 Å². The van der Waals surface area contributed by atoms with Crippen LogP contribution in [0.3, 0.4) is 0 Å². The number of methoxy groups -OCH3 is 4. The Balaban J connectivity index is 0.000000192. The van der Waals surface area contributed by atoms with E-state index in [0.717, 1.165) is 83.8 Å². The van der Waals surface area contributed by atoms with Gasteiger partial charge in [-0.05, 0) is 49.9 Å². The molecule has 0 saturated carbocycles. The number of amides is 2. The number of carbonyl (C=O) groups excluding carboxylic acids is 2. The largest absolute Gasteiger partial charge is 0.497 e. The van der Waals surface area contributed by atoms with Crippen molar-refractivity contribution in [3.8, 4) is 45.5 Å². The third kappa shape index (κ3) is 12.0. The zero-order valence-electron chi connectivity index (χ0n) is 41.4. The lowest BCUT2D eigenvalue weighted by Gasteiger charge is -2.26. The van der Waals surface area contributed by atoms with Crippen molar-refractivity contribution in [3.63, 3.8) is 0 Å². The molecule has 2 aromatic carbocycles. The first-order chi connectivity index (χ1) is 35.1. The van der Waals surface area contributed by atoms with Crippen LogP contribution in [0.4, 0.5) is 17.2 Å². The standard InChI is InChI=1S/2C26H29N7O3.CH4/c1-31-17-18(15-28-31)23-16-27-22-7-8-24(30-26(22)29-23)33(11-5-10-32-9-4-6-25(32)34)19-12-20(35-2)14-21(13-19)36-3;1-31-17-18(15-28-31)23-16-27-22-7-8-24(29-19-12-20(35-2)14-21(13-19)36-3)33(26(22)30-23)11-5-10-32-9-4-6-25(32)34;/h2*7-8,12-17H,4-6,9-11H2,1-3H3;1H4. The van der Waals surface area contributed by atoms with Gasteiger partial charge in [-0.25, -0.2) is 19.9 Å². The topological polar surface area (TPSA) is 198 Å². The zero-order valence-corrected chi connectivity index (χ0v) is 41.4. The molecule has 73 heavy (non-hydrogen) atoms. The van der Waals surface area contributed by atoms with Crippen LogP contribution in [-0.4, -0.2) is 132 Å². The van der Waals surface area contributed by atoms with Gasteiger partial charge in [0.05, 0.1) is 70.3 Å². The molecule has 0 radical (unpaired) electrons. The number of hydrogen-bond acceptors (Lipinski definition) is 15. The van der Waals surface area contributed by atoms with Crippen LogP contribution in [0.15, 0.2) is 103 Å². The quantitative estimate of drug-likeness (QED) is 0.0879. The number of fused-ring (bicyclic) bond motifs is 2. The molecule has 0 aliphatic carbocycles. The number of pyridine rings is 2. The summed E-state index contributed by atoms with van der Waals surface area (Å²) in [5.74, 6) is 3.87. The van der Waals surface area contributed by atoms with Gasteiger partial charge in [0.2, 0.25) is 11.8 Å². The van der Waals surface area contributed by atoms with Crippen LogP contribution in [0.25, 0.3) is 44.8 Å².